The maximum atomic E-state index is 10.9. The van der Waals surface area contributed by atoms with Crippen LogP contribution in [0.2, 0.25) is 0 Å². The SMILES string of the molecule is COc1ccc(-c2cc[nH]c2)c([N+](=O)[O-])c1. The summed E-state index contributed by atoms with van der Waals surface area (Å²) in [5.41, 5.74) is 1.40. The van der Waals surface area contributed by atoms with Gasteiger partial charge in [0.05, 0.1) is 23.7 Å². The Labute approximate surface area is 91.8 Å². The lowest BCUT2D eigenvalue weighted by Crippen LogP contribution is -1.93. The molecule has 0 radical (unpaired) electrons. The number of benzene rings is 1. The van der Waals surface area contributed by atoms with E-state index in [4.69, 9.17) is 4.74 Å². The molecule has 1 N–H and O–H groups in total. The van der Waals surface area contributed by atoms with Crippen LogP contribution in [0.4, 0.5) is 5.69 Å². The van der Waals surface area contributed by atoms with Crippen LogP contribution in [0.25, 0.3) is 11.1 Å². The first-order chi connectivity index (χ1) is 7.72. The molecule has 16 heavy (non-hydrogen) atoms. The second-order valence-corrected chi connectivity index (χ2v) is 3.24. The number of ether oxygens (including phenoxy) is 1. The number of hydrogen-bond donors (Lipinski definition) is 1. The molecule has 0 saturated heterocycles. The summed E-state index contributed by atoms with van der Waals surface area (Å²) in [5.74, 6) is 0.478. The van der Waals surface area contributed by atoms with E-state index in [9.17, 15) is 10.1 Å². The standard InChI is InChI=1S/C11H10N2O3/c1-16-9-2-3-10(8-4-5-12-7-8)11(6-9)13(14)15/h2-7,12H,1H3. The summed E-state index contributed by atoms with van der Waals surface area (Å²) < 4.78 is 4.97. The summed E-state index contributed by atoms with van der Waals surface area (Å²) in [6.07, 6.45) is 3.44. The highest BCUT2D eigenvalue weighted by Crippen LogP contribution is 2.32. The predicted octanol–water partition coefficient (Wildman–Crippen LogP) is 2.60. The molecule has 0 unspecified atom stereocenters. The topological polar surface area (TPSA) is 68.2 Å². The highest BCUT2D eigenvalue weighted by atomic mass is 16.6. The summed E-state index contributed by atoms with van der Waals surface area (Å²) in [7, 11) is 1.48. The van der Waals surface area contributed by atoms with Gasteiger partial charge in [-0.25, -0.2) is 0 Å². The van der Waals surface area contributed by atoms with Crippen LogP contribution in [0.5, 0.6) is 5.75 Å². The Morgan fingerprint density at radius 1 is 1.38 bits per heavy atom. The summed E-state index contributed by atoms with van der Waals surface area (Å²) in [6.45, 7) is 0. The minimum atomic E-state index is -0.412. The Kier molecular flexibility index (Phi) is 2.59. The zero-order chi connectivity index (χ0) is 11.5. The first-order valence-corrected chi connectivity index (χ1v) is 4.68. The summed E-state index contributed by atoms with van der Waals surface area (Å²) in [4.78, 5) is 13.4. The average Bonchev–Trinajstić information content (AvgIpc) is 2.81. The largest absolute Gasteiger partial charge is 0.497 e. The van der Waals surface area contributed by atoms with Crippen LogP contribution in [0.15, 0.2) is 36.7 Å². The van der Waals surface area contributed by atoms with E-state index in [0.717, 1.165) is 5.56 Å². The molecule has 5 heteroatoms. The van der Waals surface area contributed by atoms with Crippen LogP contribution in [0, 0.1) is 10.1 Å². The third-order valence-corrected chi connectivity index (χ3v) is 2.31. The van der Waals surface area contributed by atoms with Gasteiger partial charge in [-0.15, -0.1) is 0 Å². The number of rotatable bonds is 3. The molecule has 0 spiro atoms. The van der Waals surface area contributed by atoms with Crippen LogP contribution in [-0.4, -0.2) is 17.0 Å². The van der Waals surface area contributed by atoms with Gasteiger partial charge in [0.1, 0.15) is 5.75 Å². The summed E-state index contributed by atoms with van der Waals surface area (Å²) in [6, 6.07) is 6.59. The molecular weight excluding hydrogens is 208 g/mol. The zero-order valence-electron chi connectivity index (χ0n) is 8.64. The lowest BCUT2D eigenvalue weighted by atomic mass is 10.1. The van der Waals surface area contributed by atoms with E-state index in [-0.39, 0.29) is 5.69 Å². The van der Waals surface area contributed by atoms with Gasteiger partial charge < -0.3 is 9.72 Å². The second-order valence-electron chi connectivity index (χ2n) is 3.24. The molecule has 0 amide bonds. The van der Waals surface area contributed by atoms with Crippen molar-refractivity contribution in [1.29, 1.82) is 0 Å². The fraction of sp³-hybridized carbons (Fsp3) is 0.0909. The molecular formula is C11H10N2O3. The quantitative estimate of drug-likeness (QED) is 0.636. The number of hydrogen-bond acceptors (Lipinski definition) is 3. The molecule has 0 aliphatic heterocycles. The van der Waals surface area contributed by atoms with Crippen molar-refractivity contribution in [1.82, 2.24) is 4.98 Å². The van der Waals surface area contributed by atoms with Crippen molar-refractivity contribution < 1.29 is 9.66 Å². The number of nitrogens with one attached hydrogen (secondary N) is 1. The predicted molar refractivity (Wildman–Crippen MR) is 59.4 cm³/mol. The number of H-pyrrole nitrogens is 1. The highest BCUT2D eigenvalue weighted by Gasteiger charge is 2.16. The number of nitrogens with zero attached hydrogens (tertiary/aromatic N) is 1. The Hall–Kier alpha value is -2.30. The van der Waals surface area contributed by atoms with E-state index in [0.29, 0.717) is 11.3 Å². The van der Waals surface area contributed by atoms with Crippen molar-refractivity contribution in [3.63, 3.8) is 0 Å². The second kappa shape index (κ2) is 4.06. The van der Waals surface area contributed by atoms with Crippen LogP contribution < -0.4 is 4.74 Å². The van der Waals surface area contributed by atoms with Gasteiger partial charge in [0, 0.05) is 18.0 Å². The lowest BCUT2D eigenvalue weighted by molar-refractivity contribution is -0.384. The molecule has 82 valence electrons. The molecule has 0 atom stereocenters. The molecule has 1 aromatic carbocycles. The number of aromatic nitrogens is 1. The fourth-order valence-corrected chi connectivity index (χ4v) is 1.53. The number of nitro benzene ring substituents is 1. The normalized spacial score (nSPS) is 10.1. The average molecular weight is 218 g/mol. The molecule has 0 aliphatic carbocycles. The first kappa shape index (κ1) is 10.2. The minimum Gasteiger partial charge on any atom is -0.497 e. The Balaban J connectivity index is 2.57. The summed E-state index contributed by atoms with van der Waals surface area (Å²) in [5, 5.41) is 10.9. The third-order valence-electron chi connectivity index (χ3n) is 2.31. The highest BCUT2D eigenvalue weighted by molar-refractivity contribution is 5.74. The van der Waals surface area contributed by atoms with Gasteiger partial charge in [0.2, 0.25) is 0 Å². The zero-order valence-corrected chi connectivity index (χ0v) is 8.64. The van der Waals surface area contributed by atoms with Gasteiger partial charge in [-0.05, 0) is 18.2 Å². The molecule has 0 fully saturated rings. The van der Waals surface area contributed by atoms with E-state index in [2.05, 4.69) is 4.98 Å². The molecule has 2 aromatic rings. The lowest BCUT2D eigenvalue weighted by Gasteiger charge is -2.03. The molecule has 1 heterocycles. The van der Waals surface area contributed by atoms with Crippen LogP contribution in [-0.2, 0) is 0 Å². The van der Waals surface area contributed by atoms with Crippen molar-refractivity contribution in [3.05, 3.63) is 46.8 Å². The van der Waals surface area contributed by atoms with Crippen molar-refractivity contribution in [2.75, 3.05) is 7.11 Å². The van der Waals surface area contributed by atoms with Gasteiger partial charge in [-0.3, -0.25) is 10.1 Å². The minimum absolute atomic E-state index is 0.0407. The molecule has 0 aliphatic rings. The van der Waals surface area contributed by atoms with E-state index >= 15 is 0 Å². The van der Waals surface area contributed by atoms with Crippen molar-refractivity contribution in [3.8, 4) is 16.9 Å². The maximum Gasteiger partial charge on any atom is 0.280 e. The third kappa shape index (κ3) is 1.75. The smallest absolute Gasteiger partial charge is 0.280 e. The maximum absolute atomic E-state index is 10.9. The Morgan fingerprint density at radius 3 is 2.75 bits per heavy atom. The molecule has 1 aromatic heterocycles. The van der Waals surface area contributed by atoms with E-state index in [1.165, 1.54) is 13.2 Å². The molecule has 5 nitrogen and oxygen atoms in total. The molecule has 0 bridgehead atoms. The first-order valence-electron chi connectivity index (χ1n) is 4.68. The number of aromatic amines is 1. The van der Waals surface area contributed by atoms with Crippen molar-refractivity contribution >= 4 is 5.69 Å². The van der Waals surface area contributed by atoms with E-state index in [1.54, 1.807) is 30.6 Å². The van der Waals surface area contributed by atoms with E-state index < -0.39 is 4.92 Å². The Morgan fingerprint density at radius 2 is 2.19 bits per heavy atom. The van der Waals surface area contributed by atoms with Gasteiger partial charge in [0.25, 0.3) is 5.69 Å². The number of methoxy groups -OCH3 is 1. The van der Waals surface area contributed by atoms with Crippen molar-refractivity contribution in [2.45, 2.75) is 0 Å². The molecule has 0 saturated carbocycles. The van der Waals surface area contributed by atoms with Gasteiger partial charge >= 0.3 is 0 Å². The van der Waals surface area contributed by atoms with Gasteiger partial charge in [-0.1, -0.05) is 0 Å². The van der Waals surface area contributed by atoms with E-state index in [1.807, 2.05) is 0 Å². The molecule has 2 rings (SSSR count). The van der Waals surface area contributed by atoms with Crippen LogP contribution in [0.3, 0.4) is 0 Å². The number of nitro groups is 1. The van der Waals surface area contributed by atoms with Crippen LogP contribution >= 0.6 is 0 Å². The van der Waals surface area contributed by atoms with Gasteiger partial charge in [-0.2, -0.15) is 0 Å². The summed E-state index contributed by atoms with van der Waals surface area (Å²) >= 11 is 0. The van der Waals surface area contributed by atoms with Crippen molar-refractivity contribution in [2.24, 2.45) is 0 Å². The Bertz CT molecular complexity index is 506. The van der Waals surface area contributed by atoms with Gasteiger partial charge in [0.15, 0.2) is 0 Å². The monoisotopic (exact) mass is 218 g/mol. The fourth-order valence-electron chi connectivity index (χ4n) is 1.53. The van der Waals surface area contributed by atoms with Crippen LogP contribution in [0.1, 0.15) is 0 Å².